The van der Waals surface area contributed by atoms with Gasteiger partial charge in [0.1, 0.15) is 5.60 Å². The topological polar surface area (TPSA) is 88.5 Å². The third-order valence-electron chi connectivity index (χ3n) is 2.42. The highest BCUT2D eigenvalue weighted by Crippen LogP contribution is 2.08. The van der Waals surface area contributed by atoms with Gasteiger partial charge in [0.25, 0.3) is 0 Å². The van der Waals surface area contributed by atoms with Crippen LogP contribution in [0.3, 0.4) is 0 Å². The van der Waals surface area contributed by atoms with Crippen LogP contribution in [-0.4, -0.2) is 34.3 Å². The van der Waals surface area contributed by atoms with Crippen LogP contribution in [-0.2, 0) is 16.0 Å². The fraction of sp³-hybridized carbons (Fsp3) is 0.500. The zero-order valence-corrected chi connectivity index (χ0v) is 11.9. The van der Waals surface area contributed by atoms with Gasteiger partial charge in [-0.15, -0.1) is 0 Å². The number of hydrogen-bond donors (Lipinski definition) is 2. The number of amides is 1. The molecule has 1 amide bonds. The number of alkyl carbamates (subject to hydrolysis) is 1. The summed E-state index contributed by atoms with van der Waals surface area (Å²) in [4.78, 5) is 26.8. The molecule has 110 valence electrons. The largest absolute Gasteiger partial charge is 0.481 e. The Hall–Kier alpha value is -2.11. The molecule has 1 rings (SSSR count). The third-order valence-corrected chi connectivity index (χ3v) is 2.42. The number of ether oxygens (including phenoxy) is 1. The Labute approximate surface area is 118 Å². The SMILES string of the molecule is CC(C)(C)OC(=O)NC[C@H](Cc1ccccn1)C(=O)O. The summed E-state index contributed by atoms with van der Waals surface area (Å²) in [6, 6.07) is 5.31. The Morgan fingerprint density at radius 3 is 2.60 bits per heavy atom. The Kier molecular flexibility index (Phi) is 5.49. The van der Waals surface area contributed by atoms with Gasteiger partial charge < -0.3 is 15.2 Å². The van der Waals surface area contributed by atoms with Crippen molar-refractivity contribution in [3.63, 3.8) is 0 Å². The number of carboxylic acid groups (broad SMARTS) is 1. The minimum absolute atomic E-state index is 0.000814. The lowest BCUT2D eigenvalue weighted by Gasteiger charge is -2.20. The van der Waals surface area contributed by atoms with Crippen molar-refractivity contribution >= 4 is 12.1 Å². The standard InChI is InChI=1S/C14H20N2O4/c1-14(2,3)20-13(19)16-9-10(12(17)18)8-11-6-4-5-7-15-11/h4-7,10H,8-9H2,1-3H3,(H,16,19)(H,17,18)/t10-/m0/s1. The lowest BCUT2D eigenvalue weighted by molar-refractivity contribution is -0.141. The molecule has 1 aromatic heterocycles. The molecule has 0 unspecified atom stereocenters. The summed E-state index contributed by atoms with van der Waals surface area (Å²) < 4.78 is 5.06. The van der Waals surface area contributed by atoms with Gasteiger partial charge in [-0.25, -0.2) is 4.79 Å². The molecule has 6 nitrogen and oxygen atoms in total. The molecule has 0 aliphatic carbocycles. The van der Waals surface area contributed by atoms with Crippen LogP contribution in [0.5, 0.6) is 0 Å². The smallest absolute Gasteiger partial charge is 0.407 e. The minimum Gasteiger partial charge on any atom is -0.481 e. The molecule has 0 spiro atoms. The monoisotopic (exact) mass is 280 g/mol. The van der Waals surface area contributed by atoms with Crippen molar-refractivity contribution < 1.29 is 19.4 Å². The van der Waals surface area contributed by atoms with Gasteiger partial charge in [-0.05, 0) is 32.9 Å². The first kappa shape index (κ1) is 15.9. The van der Waals surface area contributed by atoms with E-state index in [1.165, 1.54) is 0 Å². The molecule has 0 bridgehead atoms. The van der Waals surface area contributed by atoms with Crippen LogP contribution < -0.4 is 5.32 Å². The second-order valence-corrected chi connectivity index (χ2v) is 5.44. The maximum Gasteiger partial charge on any atom is 0.407 e. The predicted octanol–water partition coefficient (Wildman–Crippen LogP) is 1.85. The Morgan fingerprint density at radius 1 is 1.40 bits per heavy atom. The quantitative estimate of drug-likeness (QED) is 0.859. The van der Waals surface area contributed by atoms with E-state index in [2.05, 4.69) is 10.3 Å². The zero-order chi connectivity index (χ0) is 15.2. The normalized spacial score (nSPS) is 12.6. The highest BCUT2D eigenvalue weighted by molar-refractivity contribution is 5.73. The van der Waals surface area contributed by atoms with Crippen LogP contribution in [0.4, 0.5) is 4.79 Å². The van der Waals surface area contributed by atoms with Crippen molar-refractivity contribution in [3.05, 3.63) is 30.1 Å². The number of aromatic nitrogens is 1. The van der Waals surface area contributed by atoms with E-state index in [-0.39, 0.29) is 13.0 Å². The Bertz CT molecular complexity index is 454. The summed E-state index contributed by atoms with van der Waals surface area (Å²) in [7, 11) is 0. The molecule has 0 aliphatic rings. The van der Waals surface area contributed by atoms with Crippen LogP contribution in [0, 0.1) is 5.92 Å². The molecule has 6 heteroatoms. The third kappa shape index (κ3) is 6.17. The van der Waals surface area contributed by atoms with Gasteiger partial charge in [-0.1, -0.05) is 6.07 Å². The minimum atomic E-state index is -0.980. The van der Waals surface area contributed by atoms with Gasteiger partial charge >= 0.3 is 12.1 Å². The highest BCUT2D eigenvalue weighted by atomic mass is 16.6. The molecule has 20 heavy (non-hydrogen) atoms. The van der Waals surface area contributed by atoms with E-state index >= 15 is 0 Å². The molecular weight excluding hydrogens is 260 g/mol. The van der Waals surface area contributed by atoms with Crippen molar-refractivity contribution in [2.45, 2.75) is 32.8 Å². The number of carbonyl (C=O) groups is 2. The van der Waals surface area contributed by atoms with E-state index in [0.29, 0.717) is 5.69 Å². The van der Waals surface area contributed by atoms with Crippen LogP contribution in [0.1, 0.15) is 26.5 Å². The highest BCUT2D eigenvalue weighted by Gasteiger charge is 2.21. The number of rotatable bonds is 5. The summed E-state index contributed by atoms with van der Waals surface area (Å²) in [5.74, 6) is -1.72. The lowest BCUT2D eigenvalue weighted by atomic mass is 10.0. The van der Waals surface area contributed by atoms with E-state index in [1.54, 1.807) is 45.2 Å². The maximum atomic E-state index is 11.5. The average molecular weight is 280 g/mol. The van der Waals surface area contributed by atoms with Crippen molar-refractivity contribution in [2.24, 2.45) is 5.92 Å². The summed E-state index contributed by atoms with van der Waals surface area (Å²) in [6.07, 6.45) is 1.24. The summed E-state index contributed by atoms with van der Waals surface area (Å²) in [5.41, 5.74) is 0.0648. The van der Waals surface area contributed by atoms with E-state index in [9.17, 15) is 9.59 Å². The van der Waals surface area contributed by atoms with E-state index in [1.807, 2.05) is 0 Å². The van der Waals surface area contributed by atoms with Crippen LogP contribution in [0.15, 0.2) is 24.4 Å². The molecule has 0 saturated heterocycles. The number of hydrogen-bond acceptors (Lipinski definition) is 4. The molecule has 0 aromatic carbocycles. The molecule has 2 N–H and O–H groups in total. The van der Waals surface area contributed by atoms with Gasteiger partial charge in [0, 0.05) is 24.9 Å². The number of aliphatic carboxylic acids is 1. The van der Waals surface area contributed by atoms with Gasteiger partial charge in [0.05, 0.1) is 5.92 Å². The number of nitrogens with one attached hydrogen (secondary N) is 1. The fourth-order valence-corrected chi connectivity index (χ4v) is 1.54. The first-order chi connectivity index (χ1) is 9.28. The second kappa shape index (κ2) is 6.88. The first-order valence-corrected chi connectivity index (χ1v) is 6.37. The molecule has 1 aromatic rings. The second-order valence-electron chi connectivity index (χ2n) is 5.44. The van der Waals surface area contributed by atoms with Crippen molar-refractivity contribution in [1.29, 1.82) is 0 Å². The van der Waals surface area contributed by atoms with E-state index in [4.69, 9.17) is 9.84 Å². The average Bonchev–Trinajstić information content (AvgIpc) is 2.33. The van der Waals surface area contributed by atoms with Crippen LogP contribution in [0.2, 0.25) is 0 Å². The Morgan fingerprint density at radius 2 is 2.10 bits per heavy atom. The number of carboxylic acids is 1. The summed E-state index contributed by atoms with van der Waals surface area (Å²) in [6.45, 7) is 5.24. The van der Waals surface area contributed by atoms with Gasteiger partial charge in [-0.2, -0.15) is 0 Å². The molecule has 1 atom stereocenters. The van der Waals surface area contributed by atoms with Gasteiger partial charge in [0.2, 0.25) is 0 Å². The predicted molar refractivity (Wildman–Crippen MR) is 73.3 cm³/mol. The molecular formula is C14H20N2O4. The number of carbonyl (C=O) groups excluding carboxylic acids is 1. The Balaban J connectivity index is 2.52. The molecule has 0 radical (unpaired) electrons. The lowest BCUT2D eigenvalue weighted by Crippen LogP contribution is -2.37. The maximum absolute atomic E-state index is 11.5. The molecule has 0 aliphatic heterocycles. The van der Waals surface area contributed by atoms with E-state index in [0.717, 1.165) is 0 Å². The zero-order valence-electron chi connectivity index (χ0n) is 11.9. The number of pyridine rings is 1. The van der Waals surface area contributed by atoms with Gasteiger partial charge in [0.15, 0.2) is 0 Å². The first-order valence-electron chi connectivity index (χ1n) is 6.37. The van der Waals surface area contributed by atoms with Crippen molar-refractivity contribution in [1.82, 2.24) is 10.3 Å². The fourth-order valence-electron chi connectivity index (χ4n) is 1.54. The van der Waals surface area contributed by atoms with Crippen molar-refractivity contribution in [3.8, 4) is 0 Å². The molecule has 1 heterocycles. The molecule has 0 fully saturated rings. The number of nitrogens with zero attached hydrogens (tertiary/aromatic N) is 1. The van der Waals surface area contributed by atoms with Crippen LogP contribution in [0.25, 0.3) is 0 Å². The summed E-state index contributed by atoms with van der Waals surface area (Å²) in [5, 5.41) is 11.6. The molecule has 0 saturated carbocycles. The van der Waals surface area contributed by atoms with E-state index < -0.39 is 23.6 Å². The van der Waals surface area contributed by atoms with Crippen molar-refractivity contribution in [2.75, 3.05) is 6.54 Å². The summed E-state index contributed by atoms with van der Waals surface area (Å²) >= 11 is 0. The van der Waals surface area contributed by atoms with Gasteiger partial charge in [-0.3, -0.25) is 9.78 Å². The van der Waals surface area contributed by atoms with Crippen LogP contribution >= 0.6 is 0 Å².